The zero-order valence-corrected chi connectivity index (χ0v) is 17.4. The number of nitrogens with zero attached hydrogens (tertiary/aromatic N) is 5. The second kappa shape index (κ2) is 9.53. The Hall–Kier alpha value is -5.19. The first-order chi connectivity index (χ1) is 16.4. The summed E-state index contributed by atoms with van der Waals surface area (Å²) in [6.45, 7) is 0. The molecule has 11 heteroatoms. The van der Waals surface area contributed by atoms with E-state index in [9.17, 15) is 25.0 Å². The quantitative estimate of drug-likeness (QED) is 0.251. The number of benzene rings is 3. The highest BCUT2D eigenvalue weighted by Crippen LogP contribution is 2.25. The van der Waals surface area contributed by atoms with Crippen LogP contribution in [-0.4, -0.2) is 31.7 Å². The number of non-ortho nitro benzene ring substituents is 2. The standard InChI is InChI=1S/C23H16N6O5/c30-23(17-8-12-21(13-9-17)29(33)34)25-24-14-18-15-27(19-4-2-1-3-5-19)26-22(18)16-6-10-20(11-7-16)28(31)32/h1-15H,(H,25,30)/b24-14-. The molecule has 1 amide bonds. The molecule has 0 aliphatic carbocycles. The Bertz CT molecular complexity index is 1380. The molecule has 11 nitrogen and oxygen atoms in total. The maximum Gasteiger partial charge on any atom is 0.271 e. The van der Waals surface area contributed by atoms with Gasteiger partial charge in [-0.2, -0.15) is 10.2 Å². The van der Waals surface area contributed by atoms with Crippen molar-refractivity contribution >= 4 is 23.5 Å². The Morgan fingerprint density at radius 1 is 0.882 bits per heavy atom. The van der Waals surface area contributed by atoms with Crippen LogP contribution in [0.15, 0.2) is 90.2 Å². The minimum atomic E-state index is -0.552. The monoisotopic (exact) mass is 456 g/mol. The first kappa shape index (κ1) is 22.0. The number of para-hydroxylation sites is 1. The van der Waals surface area contributed by atoms with Crippen molar-refractivity contribution in [1.29, 1.82) is 0 Å². The number of hydrogen-bond acceptors (Lipinski definition) is 7. The fourth-order valence-electron chi connectivity index (χ4n) is 3.12. The average molecular weight is 456 g/mol. The van der Waals surface area contributed by atoms with E-state index in [0.717, 1.165) is 5.69 Å². The van der Waals surface area contributed by atoms with Gasteiger partial charge in [0.2, 0.25) is 0 Å². The van der Waals surface area contributed by atoms with Crippen LogP contribution in [0.5, 0.6) is 0 Å². The molecule has 0 aliphatic rings. The van der Waals surface area contributed by atoms with Gasteiger partial charge >= 0.3 is 0 Å². The maximum atomic E-state index is 12.3. The highest BCUT2D eigenvalue weighted by molar-refractivity contribution is 5.95. The summed E-state index contributed by atoms with van der Waals surface area (Å²) in [4.78, 5) is 33.0. The predicted octanol–water partition coefficient (Wildman–Crippen LogP) is 4.12. The number of aromatic nitrogens is 2. The van der Waals surface area contributed by atoms with E-state index in [0.29, 0.717) is 16.8 Å². The highest BCUT2D eigenvalue weighted by atomic mass is 16.6. The number of carbonyl (C=O) groups excluding carboxylic acids is 1. The van der Waals surface area contributed by atoms with Gasteiger partial charge in [-0.05, 0) is 36.4 Å². The smallest absolute Gasteiger partial charge is 0.267 e. The number of hydrazone groups is 1. The van der Waals surface area contributed by atoms with E-state index in [1.165, 1.54) is 42.6 Å². The van der Waals surface area contributed by atoms with Crippen LogP contribution in [0.4, 0.5) is 11.4 Å². The first-order valence-corrected chi connectivity index (χ1v) is 9.90. The van der Waals surface area contributed by atoms with E-state index in [4.69, 9.17) is 0 Å². The molecule has 0 aliphatic heterocycles. The zero-order chi connectivity index (χ0) is 24.1. The molecule has 0 saturated carbocycles. The SMILES string of the molecule is O=C(N/N=C\c1cn(-c2ccccc2)nc1-c1ccc([N+](=O)[O-])cc1)c1ccc([N+](=O)[O-])cc1. The number of hydrogen-bond donors (Lipinski definition) is 1. The minimum absolute atomic E-state index is 0.0446. The van der Waals surface area contributed by atoms with Gasteiger partial charge in [0.25, 0.3) is 17.3 Å². The molecule has 0 fully saturated rings. The molecule has 0 unspecified atom stereocenters. The minimum Gasteiger partial charge on any atom is -0.267 e. The molecule has 4 rings (SSSR count). The van der Waals surface area contributed by atoms with Crippen LogP contribution < -0.4 is 5.43 Å². The lowest BCUT2D eigenvalue weighted by atomic mass is 10.1. The Kier molecular flexibility index (Phi) is 6.17. The molecule has 34 heavy (non-hydrogen) atoms. The van der Waals surface area contributed by atoms with Crippen LogP contribution in [0.25, 0.3) is 16.9 Å². The zero-order valence-electron chi connectivity index (χ0n) is 17.4. The molecular weight excluding hydrogens is 440 g/mol. The summed E-state index contributed by atoms with van der Waals surface area (Å²) >= 11 is 0. The van der Waals surface area contributed by atoms with Crippen molar-refractivity contribution in [2.75, 3.05) is 0 Å². The molecule has 1 heterocycles. The third-order valence-electron chi connectivity index (χ3n) is 4.82. The van der Waals surface area contributed by atoms with Crippen molar-refractivity contribution in [1.82, 2.24) is 15.2 Å². The van der Waals surface area contributed by atoms with Crippen LogP contribution in [0, 0.1) is 20.2 Å². The van der Waals surface area contributed by atoms with Crippen molar-refractivity contribution in [2.24, 2.45) is 5.10 Å². The van der Waals surface area contributed by atoms with Crippen LogP contribution >= 0.6 is 0 Å². The van der Waals surface area contributed by atoms with E-state index in [-0.39, 0.29) is 16.9 Å². The van der Waals surface area contributed by atoms with Gasteiger partial charge in [0.15, 0.2) is 0 Å². The second-order valence-electron chi connectivity index (χ2n) is 7.02. The van der Waals surface area contributed by atoms with Gasteiger partial charge in [-0.25, -0.2) is 10.1 Å². The summed E-state index contributed by atoms with van der Waals surface area (Å²) in [7, 11) is 0. The third kappa shape index (κ3) is 4.83. The largest absolute Gasteiger partial charge is 0.271 e. The van der Waals surface area contributed by atoms with Crippen molar-refractivity contribution < 1.29 is 14.6 Å². The Morgan fingerprint density at radius 3 is 2.06 bits per heavy atom. The molecule has 1 aromatic heterocycles. The molecule has 0 spiro atoms. The van der Waals surface area contributed by atoms with Gasteiger partial charge in [0.1, 0.15) is 5.69 Å². The first-order valence-electron chi connectivity index (χ1n) is 9.90. The normalized spacial score (nSPS) is 10.8. The number of rotatable bonds is 7. The number of nitro groups is 2. The van der Waals surface area contributed by atoms with Crippen LogP contribution in [0.3, 0.4) is 0 Å². The fraction of sp³-hybridized carbons (Fsp3) is 0. The topological polar surface area (TPSA) is 146 Å². The molecule has 0 radical (unpaired) electrons. The van der Waals surface area contributed by atoms with E-state index >= 15 is 0 Å². The molecule has 0 saturated heterocycles. The molecule has 168 valence electrons. The van der Waals surface area contributed by atoms with Crippen LogP contribution in [0.2, 0.25) is 0 Å². The van der Waals surface area contributed by atoms with Crippen molar-refractivity contribution in [3.63, 3.8) is 0 Å². The lowest BCUT2D eigenvalue weighted by Gasteiger charge is -2.01. The number of nitrogens with one attached hydrogen (secondary N) is 1. The van der Waals surface area contributed by atoms with Crippen molar-refractivity contribution in [3.05, 3.63) is 116 Å². The third-order valence-corrected chi connectivity index (χ3v) is 4.82. The van der Waals surface area contributed by atoms with E-state index in [2.05, 4.69) is 15.6 Å². The lowest BCUT2D eigenvalue weighted by molar-refractivity contribution is -0.385. The molecule has 4 aromatic rings. The van der Waals surface area contributed by atoms with Crippen LogP contribution in [-0.2, 0) is 0 Å². The van der Waals surface area contributed by atoms with Gasteiger partial charge < -0.3 is 0 Å². The molecule has 3 aromatic carbocycles. The maximum absolute atomic E-state index is 12.3. The second-order valence-corrected chi connectivity index (χ2v) is 7.02. The van der Waals surface area contributed by atoms with Crippen molar-refractivity contribution in [2.45, 2.75) is 0 Å². The molecule has 1 N–H and O–H groups in total. The van der Waals surface area contributed by atoms with Gasteiger partial charge in [-0.1, -0.05) is 18.2 Å². The summed E-state index contributed by atoms with van der Waals surface area (Å²) in [6, 6.07) is 20.4. The fourth-order valence-corrected chi connectivity index (χ4v) is 3.12. The Balaban J connectivity index is 1.61. The van der Waals surface area contributed by atoms with Gasteiger partial charge in [0.05, 0.1) is 21.7 Å². The summed E-state index contributed by atoms with van der Waals surface area (Å²) in [6.07, 6.45) is 3.13. The molecular formula is C23H16N6O5. The van der Waals surface area contributed by atoms with Gasteiger partial charge in [0, 0.05) is 47.2 Å². The van der Waals surface area contributed by atoms with Crippen LogP contribution in [0.1, 0.15) is 15.9 Å². The molecule has 0 atom stereocenters. The number of carbonyl (C=O) groups is 1. The Labute approximate surface area is 192 Å². The number of amides is 1. The summed E-state index contributed by atoms with van der Waals surface area (Å²) in [5, 5.41) is 30.3. The lowest BCUT2D eigenvalue weighted by Crippen LogP contribution is -2.17. The summed E-state index contributed by atoms with van der Waals surface area (Å²) < 4.78 is 1.64. The van der Waals surface area contributed by atoms with Crippen molar-refractivity contribution in [3.8, 4) is 16.9 Å². The number of nitro benzene ring substituents is 2. The summed E-state index contributed by atoms with van der Waals surface area (Å²) in [5.41, 5.74) is 4.90. The van der Waals surface area contributed by atoms with Gasteiger partial charge in [-0.15, -0.1) is 0 Å². The van der Waals surface area contributed by atoms with E-state index in [1.807, 2.05) is 30.3 Å². The average Bonchev–Trinajstić information content (AvgIpc) is 3.29. The summed E-state index contributed by atoms with van der Waals surface area (Å²) in [5.74, 6) is -0.543. The van der Waals surface area contributed by atoms with Gasteiger partial charge in [-0.3, -0.25) is 25.0 Å². The van der Waals surface area contributed by atoms with E-state index in [1.54, 1.807) is 23.0 Å². The Morgan fingerprint density at radius 2 is 1.47 bits per heavy atom. The van der Waals surface area contributed by atoms with E-state index < -0.39 is 15.8 Å². The highest BCUT2D eigenvalue weighted by Gasteiger charge is 2.14. The predicted molar refractivity (Wildman–Crippen MR) is 124 cm³/mol. The molecule has 0 bridgehead atoms.